The summed E-state index contributed by atoms with van der Waals surface area (Å²) >= 11 is 0. The van der Waals surface area contributed by atoms with Crippen LogP contribution in [0.5, 0.6) is 0 Å². The van der Waals surface area contributed by atoms with Gasteiger partial charge in [0.1, 0.15) is 0 Å². The lowest BCUT2D eigenvalue weighted by Gasteiger charge is -2.14. The Morgan fingerprint density at radius 2 is 2.06 bits per heavy atom. The van der Waals surface area contributed by atoms with E-state index in [9.17, 15) is 8.42 Å². The zero-order valence-corrected chi connectivity index (χ0v) is 12.2. The number of sulfonamides is 1. The predicted octanol–water partition coefficient (Wildman–Crippen LogP) is 1.22. The summed E-state index contributed by atoms with van der Waals surface area (Å²) in [7, 11) is -1.89. The first-order valence-corrected chi connectivity index (χ1v) is 7.46. The van der Waals surface area contributed by atoms with E-state index in [-0.39, 0.29) is 5.03 Å². The molecule has 0 aliphatic carbocycles. The third-order valence-corrected chi connectivity index (χ3v) is 4.48. The van der Waals surface area contributed by atoms with Crippen LogP contribution in [-0.4, -0.2) is 37.3 Å². The minimum atomic E-state index is -3.44. The second-order valence-corrected chi connectivity index (χ2v) is 6.45. The normalized spacial score (nSPS) is 12.3. The van der Waals surface area contributed by atoms with Crippen molar-refractivity contribution in [2.24, 2.45) is 0 Å². The molecule has 1 heterocycles. The van der Waals surface area contributed by atoms with Gasteiger partial charge in [-0.3, -0.25) is 0 Å². The molecule has 0 radical (unpaired) electrons. The van der Waals surface area contributed by atoms with Gasteiger partial charge in [0.05, 0.1) is 0 Å². The second-order valence-electron chi connectivity index (χ2n) is 4.46. The number of nitrogens with zero attached hydrogens (tertiary/aromatic N) is 2. The Morgan fingerprint density at radius 3 is 2.50 bits per heavy atom. The Hall–Kier alpha value is -0.980. The Labute approximate surface area is 109 Å². The SMILES string of the molecule is CCN(C)S(=O)(=O)c1ccc(CNC(C)C)cn1. The van der Waals surface area contributed by atoms with Gasteiger partial charge in [-0.1, -0.05) is 26.8 Å². The van der Waals surface area contributed by atoms with Crippen molar-refractivity contribution in [1.82, 2.24) is 14.6 Å². The fourth-order valence-electron chi connectivity index (χ4n) is 1.32. The molecule has 0 aliphatic heterocycles. The first-order valence-electron chi connectivity index (χ1n) is 6.02. The van der Waals surface area contributed by atoms with Gasteiger partial charge in [-0.25, -0.2) is 13.4 Å². The van der Waals surface area contributed by atoms with Crippen LogP contribution in [0, 0.1) is 0 Å². The number of aromatic nitrogens is 1. The highest BCUT2D eigenvalue weighted by Crippen LogP contribution is 2.11. The van der Waals surface area contributed by atoms with E-state index in [4.69, 9.17) is 0 Å². The topological polar surface area (TPSA) is 62.3 Å². The van der Waals surface area contributed by atoms with E-state index in [1.807, 2.05) is 0 Å². The molecule has 1 aromatic rings. The summed E-state index contributed by atoms with van der Waals surface area (Å²) in [4.78, 5) is 4.03. The largest absolute Gasteiger partial charge is 0.310 e. The Bertz CT molecular complexity index is 469. The van der Waals surface area contributed by atoms with Crippen molar-refractivity contribution < 1.29 is 8.42 Å². The van der Waals surface area contributed by atoms with Crippen LogP contribution in [0.15, 0.2) is 23.4 Å². The van der Waals surface area contributed by atoms with E-state index < -0.39 is 10.0 Å². The zero-order valence-electron chi connectivity index (χ0n) is 11.3. The van der Waals surface area contributed by atoms with Crippen LogP contribution < -0.4 is 5.32 Å². The van der Waals surface area contributed by atoms with Gasteiger partial charge in [0.2, 0.25) is 0 Å². The van der Waals surface area contributed by atoms with E-state index in [0.29, 0.717) is 19.1 Å². The molecule has 0 amide bonds. The molecule has 0 saturated heterocycles. The van der Waals surface area contributed by atoms with Crippen molar-refractivity contribution in [2.75, 3.05) is 13.6 Å². The molecule has 18 heavy (non-hydrogen) atoms. The van der Waals surface area contributed by atoms with Crippen LogP contribution in [0.3, 0.4) is 0 Å². The molecule has 0 fully saturated rings. The molecule has 1 N–H and O–H groups in total. The lowest BCUT2D eigenvalue weighted by molar-refractivity contribution is 0.483. The standard InChI is InChI=1S/C12H21N3O2S/c1-5-15(4)18(16,17)12-7-6-11(9-14-12)8-13-10(2)3/h6-7,9-10,13H,5,8H2,1-4H3. The molecular weight excluding hydrogens is 250 g/mol. The lowest BCUT2D eigenvalue weighted by Crippen LogP contribution is -2.27. The molecule has 0 unspecified atom stereocenters. The summed E-state index contributed by atoms with van der Waals surface area (Å²) in [6.45, 7) is 7.03. The van der Waals surface area contributed by atoms with Crippen molar-refractivity contribution in [2.45, 2.75) is 38.4 Å². The maximum atomic E-state index is 12.0. The molecule has 0 atom stereocenters. The minimum absolute atomic E-state index is 0.0974. The fraction of sp³-hybridized carbons (Fsp3) is 0.583. The van der Waals surface area contributed by atoms with E-state index >= 15 is 0 Å². The molecule has 1 aromatic heterocycles. The molecule has 0 aromatic carbocycles. The number of pyridine rings is 1. The van der Waals surface area contributed by atoms with Crippen molar-refractivity contribution in [3.8, 4) is 0 Å². The molecular formula is C12H21N3O2S. The van der Waals surface area contributed by atoms with Gasteiger partial charge in [0.25, 0.3) is 10.0 Å². The van der Waals surface area contributed by atoms with Crippen molar-refractivity contribution in [3.05, 3.63) is 23.9 Å². The molecule has 0 aliphatic rings. The summed E-state index contributed by atoms with van der Waals surface area (Å²) in [5, 5.41) is 3.35. The summed E-state index contributed by atoms with van der Waals surface area (Å²) in [6, 6.07) is 3.73. The van der Waals surface area contributed by atoms with Crippen molar-refractivity contribution >= 4 is 10.0 Å². The average Bonchev–Trinajstić information content (AvgIpc) is 2.35. The van der Waals surface area contributed by atoms with Gasteiger partial charge in [0, 0.05) is 32.4 Å². The van der Waals surface area contributed by atoms with Gasteiger partial charge in [-0.05, 0) is 11.6 Å². The highest BCUT2D eigenvalue weighted by molar-refractivity contribution is 7.89. The van der Waals surface area contributed by atoms with E-state index in [2.05, 4.69) is 24.1 Å². The average molecular weight is 271 g/mol. The van der Waals surface area contributed by atoms with E-state index in [1.54, 1.807) is 32.3 Å². The minimum Gasteiger partial charge on any atom is -0.310 e. The summed E-state index contributed by atoms with van der Waals surface area (Å²) < 4.78 is 25.3. The Balaban J connectivity index is 2.83. The number of nitrogens with one attached hydrogen (secondary N) is 1. The summed E-state index contributed by atoms with van der Waals surface area (Å²) in [5.74, 6) is 0. The molecule has 0 spiro atoms. The van der Waals surface area contributed by atoms with Gasteiger partial charge in [-0.15, -0.1) is 0 Å². The first kappa shape index (κ1) is 15.1. The quantitative estimate of drug-likeness (QED) is 0.845. The lowest BCUT2D eigenvalue weighted by atomic mass is 10.2. The van der Waals surface area contributed by atoms with E-state index in [1.165, 1.54) is 4.31 Å². The molecule has 5 nitrogen and oxygen atoms in total. The molecule has 102 valence electrons. The maximum absolute atomic E-state index is 12.0. The molecule has 0 bridgehead atoms. The highest BCUT2D eigenvalue weighted by Gasteiger charge is 2.20. The van der Waals surface area contributed by atoms with Crippen LogP contribution >= 0.6 is 0 Å². The molecule has 6 heteroatoms. The van der Waals surface area contributed by atoms with Crippen LogP contribution in [0.4, 0.5) is 0 Å². The van der Waals surface area contributed by atoms with Gasteiger partial charge >= 0.3 is 0 Å². The van der Waals surface area contributed by atoms with Crippen molar-refractivity contribution in [3.63, 3.8) is 0 Å². The van der Waals surface area contributed by atoms with Gasteiger partial charge in [0.15, 0.2) is 5.03 Å². The third-order valence-electron chi connectivity index (χ3n) is 2.63. The van der Waals surface area contributed by atoms with Crippen LogP contribution in [0.25, 0.3) is 0 Å². The monoisotopic (exact) mass is 271 g/mol. The maximum Gasteiger partial charge on any atom is 0.260 e. The highest BCUT2D eigenvalue weighted by atomic mass is 32.2. The molecule has 1 rings (SSSR count). The Morgan fingerprint density at radius 1 is 1.39 bits per heavy atom. The summed E-state index contributed by atoms with van der Waals surface area (Å²) in [6.07, 6.45) is 1.60. The second kappa shape index (κ2) is 6.26. The van der Waals surface area contributed by atoms with Crippen molar-refractivity contribution in [1.29, 1.82) is 0 Å². The predicted molar refractivity (Wildman–Crippen MR) is 71.7 cm³/mol. The number of hydrogen-bond acceptors (Lipinski definition) is 4. The van der Waals surface area contributed by atoms with E-state index in [0.717, 1.165) is 5.56 Å². The number of rotatable bonds is 6. The third kappa shape index (κ3) is 3.76. The zero-order chi connectivity index (χ0) is 13.8. The fourth-order valence-corrected chi connectivity index (χ4v) is 2.40. The van der Waals surface area contributed by atoms with Crippen LogP contribution in [-0.2, 0) is 16.6 Å². The van der Waals surface area contributed by atoms with Crippen LogP contribution in [0.1, 0.15) is 26.3 Å². The molecule has 0 saturated carbocycles. The first-order chi connectivity index (χ1) is 8.37. The van der Waals surface area contributed by atoms with Crippen LogP contribution in [0.2, 0.25) is 0 Å². The Kier molecular flexibility index (Phi) is 5.25. The number of hydrogen-bond donors (Lipinski definition) is 1. The van der Waals surface area contributed by atoms with Gasteiger partial charge < -0.3 is 5.32 Å². The smallest absolute Gasteiger partial charge is 0.260 e. The summed E-state index contributed by atoms with van der Waals surface area (Å²) in [5.41, 5.74) is 0.974. The van der Waals surface area contributed by atoms with Gasteiger partial charge in [-0.2, -0.15) is 4.31 Å².